The number of alkyl halides is 5. The zero-order valence-electron chi connectivity index (χ0n) is 24.0. The molecule has 0 bridgehead atoms. The molecular formula is C29H25Cl2F5N2O7S2. The van der Waals surface area contributed by atoms with Gasteiger partial charge >= 0.3 is 18.9 Å². The summed E-state index contributed by atoms with van der Waals surface area (Å²) in [6.45, 7) is -3.04. The second-order valence-electron chi connectivity index (χ2n) is 10.4. The van der Waals surface area contributed by atoms with Crippen LogP contribution in [0.25, 0.3) is 0 Å². The zero-order valence-corrected chi connectivity index (χ0v) is 27.1. The molecule has 0 N–H and O–H groups in total. The fourth-order valence-electron chi connectivity index (χ4n) is 4.62. The minimum Gasteiger partial charge on any atom is -0.489 e. The number of esters is 1. The van der Waals surface area contributed by atoms with Gasteiger partial charge in [0.2, 0.25) is 10.0 Å². The third kappa shape index (κ3) is 9.10. The summed E-state index contributed by atoms with van der Waals surface area (Å²) in [6, 6.07) is 7.79. The van der Waals surface area contributed by atoms with Gasteiger partial charge in [-0.25, -0.2) is 13.2 Å². The number of hydrogen-bond acceptors (Lipinski definition) is 9. The van der Waals surface area contributed by atoms with E-state index in [1.807, 2.05) is 0 Å². The van der Waals surface area contributed by atoms with Crippen molar-refractivity contribution in [3.63, 3.8) is 0 Å². The molecule has 18 heteroatoms. The second kappa shape index (κ2) is 14.6. The van der Waals surface area contributed by atoms with Crippen LogP contribution in [0.15, 0.2) is 59.8 Å². The van der Waals surface area contributed by atoms with Crippen molar-refractivity contribution in [2.24, 2.45) is 5.92 Å². The van der Waals surface area contributed by atoms with E-state index < -0.39 is 51.1 Å². The topological polar surface area (TPSA) is 104 Å². The Bertz CT molecular complexity index is 1690. The van der Waals surface area contributed by atoms with Crippen LogP contribution in [0.3, 0.4) is 0 Å². The number of ether oxygens (including phenoxy) is 4. The smallest absolute Gasteiger partial charge is 0.489 e. The lowest BCUT2D eigenvalue weighted by molar-refractivity contribution is -0.274. The molecule has 0 amide bonds. The van der Waals surface area contributed by atoms with Gasteiger partial charge < -0.3 is 18.9 Å². The van der Waals surface area contributed by atoms with E-state index in [0.717, 1.165) is 47.1 Å². The lowest BCUT2D eigenvalue weighted by Gasteiger charge is -2.26. The van der Waals surface area contributed by atoms with Gasteiger partial charge in [-0.1, -0.05) is 35.3 Å². The Hall–Kier alpha value is -3.05. The summed E-state index contributed by atoms with van der Waals surface area (Å²) in [4.78, 5) is 17.1. The normalized spacial score (nSPS) is 17.8. The average Bonchev–Trinajstić information content (AvgIpc) is 3.68. The number of aromatic nitrogens is 1. The van der Waals surface area contributed by atoms with Crippen LogP contribution in [0.1, 0.15) is 30.1 Å². The van der Waals surface area contributed by atoms with Gasteiger partial charge in [0, 0.05) is 37.2 Å². The van der Waals surface area contributed by atoms with E-state index in [2.05, 4.69) is 14.5 Å². The molecule has 5 rings (SSSR count). The highest BCUT2D eigenvalue weighted by Gasteiger charge is 2.43. The van der Waals surface area contributed by atoms with Gasteiger partial charge in [0.25, 0.3) is 0 Å². The molecule has 1 aliphatic carbocycles. The standard InChI is InChI=1S/C29H25Cl2F5N2O7S2/c30-21-13-37-14-22(31)20(21)12-24(17-6-7-23(44-28(32)33)25(10-17)42-15-16-4-5-16)43-27(39)26-38(8-9-46-26)47(40,41)19-3-1-2-18(11-19)45-29(34,35)36/h1-3,6-7,10-11,13-14,16,24,26,28H,4-5,8-9,12,15H2. The molecule has 2 fully saturated rings. The van der Waals surface area contributed by atoms with Gasteiger partial charge in [0.05, 0.1) is 21.5 Å². The van der Waals surface area contributed by atoms with Gasteiger partial charge in [-0.2, -0.15) is 13.1 Å². The summed E-state index contributed by atoms with van der Waals surface area (Å²) in [5.74, 6) is -1.59. The number of carbonyl (C=O) groups is 1. The highest BCUT2D eigenvalue weighted by atomic mass is 35.5. The number of pyridine rings is 1. The third-order valence-corrected chi connectivity index (χ3v) is 10.8. The third-order valence-electron chi connectivity index (χ3n) is 7.02. The maximum Gasteiger partial charge on any atom is 0.573 e. The van der Waals surface area contributed by atoms with Crippen molar-refractivity contribution < 1.29 is 54.1 Å². The molecule has 0 radical (unpaired) electrons. The van der Waals surface area contributed by atoms with E-state index in [1.54, 1.807) is 0 Å². The quantitative estimate of drug-likeness (QED) is 0.132. The Balaban J connectivity index is 1.45. The molecule has 9 nitrogen and oxygen atoms in total. The van der Waals surface area contributed by atoms with Crippen molar-refractivity contribution in [1.82, 2.24) is 9.29 Å². The Morgan fingerprint density at radius 1 is 1.06 bits per heavy atom. The molecule has 1 aliphatic heterocycles. The van der Waals surface area contributed by atoms with E-state index in [9.17, 15) is 35.2 Å². The maximum absolute atomic E-state index is 13.7. The summed E-state index contributed by atoms with van der Waals surface area (Å²) < 4.78 is 113. The first-order chi connectivity index (χ1) is 22.2. The van der Waals surface area contributed by atoms with Crippen LogP contribution in [0.2, 0.25) is 10.0 Å². The lowest BCUT2D eigenvalue weighted by Crippen LogP contribution is -2.40. The maximum atomic E-state index is 13.7. The van der Waals surface area contributed by atoms with E-state index in [4.69, 9.17) is 32.7 Å². The fraction of sp³-hybridized carbons (Fsp3) is 0.379. The average molecular weight is 744 g/mol. The summed E-state index contributed by atoms with van der Waals surface area (Å²) in [5, 5.41) is -1.14. The number of halogens is 7. The van der Waals surface area contributed by atoms with Crippen LogP contribution in [-0.4, -0.2) is 60.9 Å². The van der Waals surface area contributed by atoms with Crippen LogP contribution in [0, 0.1) is 5.92 Å². The van der Waals surface area contributed by atoms with Crippen LogP contribution >= 0.6 is 35.0 Å². The molecule has 1 saturated carbocycles. The van der Waals surface area contributed by atoms with Gasteiger partial charge in [0.15, 0.2) is 16.9 Å². The molecule has 3 aromatic rings. The molecule has 2 atom stereocenters. The molecule has 2 unspecified atom stereocenters. The fourth-order valence-corrected chi connectivity index (χ4v) is 8.22. The highest BCUT2D eigenvalue weighted by molar-refractivity contribution is 8.02. The summed E-state index contributed by atoms with van der Waals surface area (Å²) in [6.07, 6.45) is -1.90. The number of thioether (sulfide) groups is 1. The number of hydrogen-bond donors (Lipinski definition) is 0. The highest BCUT2D eigenvalue weighted by Crippen LogP contribution is 2.39. The van der Waals surface area contributed by atoms with Crippen LogP contribution < -0.4 is 14.2 Å². The van der Waals surface area contributed by atoms with E-state index >= 15 is 0 Å². The van der Waals surface area contributed by atoms with Crippen molar-refractivity contribution in [3.8, 4) is 17.2 Å². The monoisotopic (exact) mass is 742 g/mol. The summed E-state index contributed by atoms with van der Waals surface area (Å²) >= 11 is 13.6. The van der Waals surface area contributed by atoms with E-state index in [1.165, 1.54) is 30.6 Å². The van der Waals surface area contributed by atoms with Gasteiger partial charge in [-0.3, -0.25) is 4.98 Å². The number of nitrogens with zero attached hydrogens (tertiary/aromatic N) is 2. The Labute approximate surface area is 280 Å². The largest absolute Gasteiger partial charge is 0.573 e. The number of benzene rings is 2. The number of rotatable bonds is 13. The molecule has 0 spiro atoms. The van der Waals surface area contributed by atoms with Crippen LogP contribution in [0.5, 0.6) is 17.2 Å². The second-order valence-corrected chi connectivity index (χ2v) is 14.3. The van der Waals surface area contributed by atoms with Crippen molar-refractivity contribution >= 4 is 51.0 Å². The first kappa shape index (κ1) is 35.3. The molecule has 1 aromatic heterocycles. The molecule has 2 heterocycles. The number of sulfonamides is 1. The Morgan fingerprint density at radius 2 is 1.79 bits per heavy atom. The van der Waals surface area contributed by atoms with E-state index in [0.29, 0.717) is 11.6 Å². The zero-order chi connectivity index (χ0) is 33.9. The van der Waals surface area contributed by atoms with Crippen LogP contribution in [0.4, 0.5) is 22.0 Å². The van der Waals surface area contributed by atoms with Crippen molar-refractivity contribution in [2.45, 2.75) is 48.6 Å². The van der Waals surface area contributed by atoms with Gasteiger partial charge in [0.1, 0.15) is 11.9 Å². The van der Waals surface area contributed by atoms with Gasteiger partial charge in [-0.15, -0.1) is 24.9 Å². The minimum absolute atomic E-state index is 0.0249. The van der Waals surface area contributed by atoms with Gasteiger partial charge in [-0.05, 0) is 54.2 Å². The predicted molar refractivity (Wildman–Crippen MR) is 161 cm³/mol. The summed E-state index contributed by atoms with van der Waals surface area (Å²) in [7, 11) is -4.51. The SMILES string of the molecule is O=C(OC(Cc1c(Cl)cncc1Cl)c1ccc(OC(F)F)c(OCC2CC2)c1)C1SCCN1S(=O)(=O)c1cccc(OC(F)(F)F)c1. The van der Waals surface area contributed by atoms with Crippen molar-refractivity contribution in [1.29, 1.82) is 0 Å². The van der Waals surface area contributed by atoms with E-state index in [-0.39, 0.29) is 58.4 Å². The summed E-state index contributed by atoms with van der Waals surface area (Å²) in [5.41, 5.74) is 0.601. The molecular weight excluding hydrogens is 718 g/mol. The van der Waals surface area contributed by atoms with Crippen molar-refractivity contribution in [2.75, 3.05) is 18.9 Å². The first-order valence-electron chi connectivity index (χ1n) is 13.9. The minimum atomic E-state index is -5.06. The molecule has 254 valence electrons. The lowest BCUT2D eigenvalue weighted by atomic mass is 10.0. The molecule has 2 aromatic carbocycles. The molecule has 47 heavy (non-hydrogen) atoms. The first-order valence-corrected chi connectivity index (χ1v) is 17.1. The Kier molecular flexibility index (Phi) is 11.0. The Morgan fingerprint density at radius 3 is 2.45 bits per heavy atom. The molecule has 2 aliphatic rings. The van der Waals surface area contributed by atoms with Crippen molar-refractivity contribution in [3.05, 3.63) is 76.0 Å². The molecule has 1 saturated heterocycles. The van der Waals surface area contributed by atoms with Crippen LogP contribution in [-0.2, 0) is 26.0 Å². The predicted octanol–water partition coefficient (Wildman–Crippen LogP) is 7.27. The number of carbonyl (C=O) groups excluding carboxylic acids is 1.